The van der Waals surface area contributed by atoms with Crippen molar-refractivity contribution in [2.24, 2.45) is 0 Å². The van der Waals surface area contributed by atoms with E-state index in [1.807, 2.05) is 0 Å². The first-order valence-electron chi connectivity index (χ1n) is 6.55. The standard InChI is InChI=1S/C14H19ClN2O2/c1-17-7-3-2-4-10(17)9-16-14(19)12-8-11(18)5-6-13(12)15/h5-6,8,10,18H,2-4,7,9H2,1H3,(H,16,19). The maximum Gasteiger partial charge on any atom is 0.252 e. The molecular weight excluding hydrogens is 264 g/mol. The average Bonchev–Trinajstić information content (AvgIpc) is 2.40. The van der Waals surface area contributed by atoms with Gasteiger partial charge in [0.05, 0.1) is 10.6 Å². The molecule has 1 atom stereocenters. The van der Waals surface area contributed by atoms with Gasteiger partial charge in [0.25, 0.3) is 5.91 Å². The highest BCUT2D eigenvalue weighted by Crippen LogP contribution is 2.21. The fourth-order valence-electron chi connectivity index (χ4n) is 2.40. The Bertz CT molecular complexity index is 465. The Morgan fingerprint density at radius 2 is 2.32 bits per heavy atom. The van der Waals surface area contributed by atoms with Crippen molar-refractivity contribution in [2.45, 2.75) is 25.3 Å². The lowest BCUT2D eigenvalue weighted by atomic mass is 10.0. The Kier molecular flexibility index (Phi) is 4.66. The van der Waals surface area contributed by atoms with Gasteiger partial charge in [-0.1, -0.05) is 18.0 Å². The number of hydrogen-bond donors (Lipinski definition) is 2. The van der Waals surface area contributed by atoms with E-state index >= 15 is 0 Å². The molecular formula is C14H19ClN2O2. The zero-order chi connectivity index (χ0) is 13.8. The van der Waals surface area contributed by atoms with Crippen LogP contribution in [0.4, 0.5) is 0 Å². The maximum atomic E-state index is 12.0. The second-order valence-electron chi connectivity index (χ2n) is 5.00. The van der Waals surface area contributed by atoms with Gasteiger partial charge in [-0.05, 0) is 44.6 Å². The van der Waals surface area contributed by atoms with Crippen LogP contribution in [-0.4, -0.2) is 42.1 Å². The number of amides is 1. The smallest absolute Gasteiger partial charge is 0.252 e. The fourth-order valence-corrected chi connectivity index (χ4v) is 2.60. The minimum Gasteiger partial charge on any atom is -0.508 e. The lowest BCUT2D eigenvalue weighted by Crippen LogP contribution is -2.44. The van der Waals surface area contributed by atoms with E-state index < -0.39 is 0 Å². The summed E-state index contributed by atoms with van der Waals surface area (Å²) in [5.41, 5.74) is 0.320. The number of piperidine rings is 1. The van der Waals surface area contributed by atoms with E-state index in [4.69, 9.17) is 11.6 Å². The van der Waals surface area contributed by atoms with Crippen LogP contribution in [0.2, 0.25) is 5.02 Å². The molecule has 4 nitrogen and oxygen atoms in total. The zero-order valence-corrected chi connectivity index (χ0v) is 11.8. The van der Waals surface area contributed by atoms with Gasteiger partial charge in [0.15, 0.2) is 0 Å². The molecule has 0 saturated carbocycles. The van der Waals surface area contributed by atoms with Crippen molar-refractivity contribution in [3.05, 3.63) is 28.8 Å². The van der Waals surface area contributed by atoms with Crippen molar-refractivity contribution in [3.8, 4) is 5.75 Å². The number of benzene rings is 1. The van der Waals surface area contributed by atoms with Crippen LogP contribution in [0.5, 0.6) is 5.75 Å². The number of hydrogen-bond acceptors (Lipinski definition) is 3. The van der Waals surface area contributed by atoms with Crippen LogP contribution >= 0.6 is 11.6 Å². The van der Waals surface area contributed by atoms with Gasteiger partial charge < -0.3 is 15.3 Å². The van der Waals surface area contributed by atoms with Crippen LogP contribution in [0.15, 0.2) is 18.2 Å². The normalized spacial score (nSPS) is 20.2. The number of carbonyl (C=O) groups is 1. The summed E-state index contributed by atoms with van der Waals surface area (Å²) in [5, 5.41) is 12.6. The van der Waals surface area contributed by atoms with Gasteiger partial charge >= 0.3 is 0 Å². The summed E-state index contributed by atoms with van der Waals surface area (Å²) >= 11 is 5.96. The Morgan fingerprint density at radius 1 is 1.53 bits per heavy atom. The molecule has 1 aliphatic heterocycles. The molecule has 1 aliphatic rings. The van der Waals surface area contributed by atoms with E-state index in [0.29, 0.717) is 23.2 Å². The van der Waals surface area contributed by atoms with Crippen molar-refractivity contribution >= 4 is 17.5 Å². The minimum absolute atomic E-state index is 0.0457. The maximum absolute atomic E-state index is 12.0. The fraction of sp³-hybridized carbons (Fsp3) is 0.500. The number of aromatic hydroxyl groups is 1. The second-order valence-corrected chi connectivity index (χ2v) is 5.41. The number of phenolic OH excluding ortho intramolecular Hbond substituents is 1. The van der Waals surface area contributed by atoms with Crippen molar-refractivity contribution < 1.29 is 9.90 Å². The van der Waals surface area contributed by atoms with E-state index in [0.717, 1.165) is 13.0 Å². The van der Waals surface area contributed by atoms with Crippen molar-refractivity contribution in [2.75, 3.05) is 20.1 Å². The van der Waals surface area contributed by atoms with Crippen molar-refractivity contribution in [3.63, 3.8) is 0 Å². The summed E-state index contributed by atoms with van der Waals surface area (Å²) in [5.74, 6) is -0.191. The van der Waals surface area contributed by atoms with Crippen LogP contribution in [0.1, 0.15) is 29.6 Å². The monoisotopic (exact) mass is 282 g/mol. The molecule has 0 spiro atoms. The highest BCUT2D eigenvalue weighted by molar-refractivity contribution is 6.33. The highest BCUT2D eigenvalue weighted by Gasteiger charge is 2.20. The molecule has 0 bridgehead atoms. The first kappa shape index (κ1) is 14.2. The lowest BCUT2D eigenvalue weighted by Gasteiger charge is -2.32. The molecule has 5 heteroatoms. The SMILES string of the molecule is CN1CCCCC1CNC(=O)c1cc(O)ccc1Cl. The van der Waals surface area contributed by atoms with Crippen LogP contribution < -0.4 is 5.32 Å². The zero-order valence-electron chi connectivity index (χ0n) is 11.0. The predicted octanol–water partition coefficient (Wildman–Crippen LogP) is 2.26. The first-order chi connectivity index (χ1) is 9.08. The van der Waals surface area contributed by atoms with E-state index in [1.165, 1.54) is 31.0 Å². The molecule has 104 valence electrons. The van der Waals surface area contributed by atoms with Gasteiger partial charge in [0, 0.05) is 12.6 Å². The summed E-state index contributed by atoms with van der Waals surface area (Å²) in [6.45, 7) is 1.69. The number of likely N-dealkylation sites (tertiary alicyclic amines) is 1. The van der Waals surface area contributed by atoms with Crippen LogP contribution in [0.3, 0.4) is 0 Å². The first-order valence-corrected chi connectivity index (χ1v) is 6.92. The summed E-state index contributed by atoms with van der Waals surface area (Å²) in [6, 6.07) is 4.77. The van der Waals surface area contributed by atoms with Crippen LogP contribution in [0, 0.1) is 0 Å². The third kappa shape index (κ3) is 3.61. The van der Waals surface area contributed by atoms with E-state index in [2.05, 4.69) is 17.3 Å². The Morgan fingerprint density at radius 3 is 3.05 bits per heavy atom. The topological polar surface area (TPSA) is 52.6 Å². The third-order valence-electron chi connectivity index (χ3n) is 3.61. The number of nitrogens with one attached hydrogen (secondary N) is 1. The second kappa shape index (κ2) is 6.26. The highest BCUT2D eigenvalue weighted by atomic mass is 35.5. The molecule has 1 aromatic carbocycles. The van der Waals surface area contributed by atoms with Gasteiger partial charge in [0.2, 0.25) is 0 Å². The molecule has 0 radical (unpaired) electrons. The van der Waals surface area contributed by atoms with E-state index in [9.17, 15) is 9.90 Å². The Balaban J connectivity index is 1.95. The molecule has 1 heterocycles. The van der Waals surface area contributed by atoms with Gasteiger partial charge in [-0.2, -0.15) is 0 Å². The molecule has 1 amide bonds. The third-order valence-corrected chi connectivity index (χ3v) is 3.94. The number of phenols is 1. The van der Waals surface area contributed by atoms with Gasteiger partial charge in [-0.25, -0.2) is 0 Å². The molecule has 19 heavy (non-hydrogen) atoms. The summed E-state index contributed by atoms with van der Waals surface area (Å²) in [6.07, 6.45) is 3.53. The number of carbonyl (C=O) groups excluding carboxylic acids is 1. The molecule has 2 rings (SSSR count). The summed E-state index contributed by atoms with van der Waals surface area (Å²) in [4.78, 5) is 14.3. The number of likely N-dealkylation sites (N-methyl/N-ethyl adjacent to an activating group) is 1. The van der Waals surface area contributed by atoms with Crippen LogP contribution in [0.25, 0.3) is 0 Å². The quantitative estimate of drug-likeness (QED) is 0.894. The molecule has 1 fully saturated rings. The molecule has 0 aliphatic carbocycles. The summed E-state index contributed by atoms with van der Waals surface area (Å²) in [7, 11) is 2.08. The molecule has 2 N–H and O–H groups in total. The minimum atomic E-state index is -0.236. The molecule has 1 saturated heterocycles. The number of nitrogens with zero attached hydrogens (tertiary/aromatic N) is 1. The van der Waals surface area contributed by atoms with E-state index in [-0.39, 0.29) is 11.7 Å². The van der Waals surface area contributed by atoms with Crippen molar-refractivity contribution in [1.82, 2.24) is 10.2 Å². The van der Waals surface area contributed by atoms with Crippen LogP contribution in [-0.2, 0) is 0 Å². The lowest BCUT2D eigenvalue weighted by molar-refractivity contribution is 0.0928. The Labute approximate surface area is 118 Å². The molecule has 1 aromatic rings. The summed E-state index contributed by atoms with van der Waals surface area (Å²) < 4.78 is 0. The average molecular weight is 283 g/mol. The van der Waals surface area contributed by atoms with Gasteiger partial charge in [-0.15, -0.1) is 0 Å². The largest absolute Gasteiger partial charge is 0.508 e. The number of halogens is 1. The van der Waals surface area contributed by atoms with Gasteiger partial charge in [0.1, 0.15) is 5.75 Å². The molecule has 0 aromatic heterocycles. The number of rotatable bonds is 3. The molecule has 1 unspecified atom stereocenters. The predicted molar refractivity (Wildman–Crippen MR) is 75.7 cm³/mol. The van der Waals surface area contributed by atoms with Gasteiger partial charge in [-0.3, -0.25) is 4.79 Å². The Hall–Kier alpha value is -1.26. The van der Waals surface area contributed by atoms with E-state index in [1.54, 1.807) is 0 Å². The van der Waals surface area contributed by atoms with Crippen molar-refractivity contribution in [1.29, 1.82) is 0 Å².